The molecule has 0 N–H and O–H groups in total. The molecule has 0 radical (unpaired) electrons. The molecule has 22 heavy (non-hydrogen) atoms. The van der Waals surface area contributed by atoms with Crippen molar-refractivity contribution in [3.8, 4) is 0 Å². The van der Waals surface area contributed by atoms with Gasteiger partial charge in [0, 0.05) is 12.4 Å². The van der Waals surface area contributed by atoms with Crippen LogP contribution in [0.15, 0.2) is 48.8 Å². The molecule has 0 spiro atoms. The van der Waals surface area contributed by atoms with Crippen LogP contribution in [0.2, 0.25) is 19.6 Å². The first kappa shape index (κ1) is 16.6. The SMILES string of the molecule is C[Si](C)(C)OC(c1ccccn1)(c1ccccn1)C(F)(F)F. The summed E-state index contributed by atoms with van der Waals surface area (Å²) in [5.74, 6) is 0. The average molecular weight is 326 g/mol. The van der Waals surface area contributed by atoms with Crippen molar-refractivity contribution < 1.29 is 17.6 Å². The second kappa shape index (κ2) is 5.81. The van der Waals surface area contributed by atoms with E-state index >= 15 is 0 Å². The third-order valence-corrected chi connectivity index (χ3v) is 3.83. The average Bonchev–Trinajstić information content (AvgIpc) is 2.44. The second-order valence-corrected chi connectivity index (χ2v) is 10.3. The molecule has 0 aliphatic heterocycles. The normalized spacial score (nSPS) is 13.2. The lowest BCUT2D eigenvalue weighted by Gasteiger charge is -2.39. The monoisotopic (exact) mass is 326 g/mol. The van der Waals surface area contributed by atoms with E-state index in [1.54, 1.807) is 31.8 Å². The van der Waals surface area contributed by atoms with E-state index < -0.39 is 20.1 Å². The van der Waals surface area contributed by atoms with Gasteiger partial charge in [-0.1, -0.05) is 12.1 Å². The third-order valence-electron chi connectivity index (χ3n) is 2.91. The molecule has 0 unspecified atom stereocenters. The van der Waals surface area contributed by atoms with Crippen molar-refractivity contribution in [2.45, 2.75) is 31.4 Å². The van der Waals surface area contributed by atoms with E-state index in [9.17, 15) is 13.2 Å². The zero-order valence-corrected chi connectivity index (χ0v) is 13.6. The standard InChI is InChI=1S/C15H17F3N2OSi/c1-22(2,3)21-14(15(16,17)18,12-8-4-6-10-19-12)13-9-5-7-11-20-13/h4-11H,1-3H3. The molecule has 7 heteroatoms. The van der Waals surface area contributed by atoms with Gasteiger partial charge >= 0.3 is 6.18 Å². The zero-order valence-electron chi connectivity index (χ0n) is 12.6. The minimum atomic E-state index is -4.68. The Morgan fingerprint density at radius 3 is 1.59 bits per heavy atom. The Morgan fingerprint density at radius 2 is 1.32 bits per heavy atom. The van der Waals surface area contributed by atoms with Gasteiger partial charge in [0.05, 0.1) is 11.4 Å². The number of pyridine rings is 2. The van der Waals surface area contributed by atoms with E-state index in [2.05, 4.69) is 9.97 Å². The van der Waals surface area contributed by atoms with E-state index in [4.69, 9.17) is 4.43 Å². The molecule has 2 aromatic heterocycles. The molecular formula is C15H17F3N2OSi. The highest BCUT2D eigenvalue weighted by Crippen LogP contribution is 2.47. The van der Waals surface area contributed by atoms with Crippen LogP contribution in [0.25, 0.3) is 0 Å². The largest absolute Gasteiger partial charge is 0.428 e. The lowest BCUT2D eigenvalue weighted by Crippen LogP contribution is -2.52. The topological polar surface area (TPSA) is 35.0 Å². The minimum Gasteiger partial charge on any atom is -0.395 e. The van der Waals surface area contributed by atoms with Crippen molar-refractivity contribution in [1.29, 1.82) is 0 Å². The highest BCUT2D eigenvalue weighted by molar-refractivity contribution is 6.69. The van der Waals surface area contributed by atoms with Crippen LogP contribution >= 0.6 is 0 Å². The van der Waals surface area contributed by atoms with Crippen LogP contribution in [-0.4, -0.2) is 24.5 Å². The third kappa shape index (κ3) is 3.20. The van der Waals surface area contributed by atoms with Gasteiger partial charge in [0.1, 0.15) is 0 Å². The summed E-state index contributed by atoms with van der Waals surface area (Å²) >= 11 is 0. The lowest BCUT2D eigenvalue weighted by atomic mass is 9.93. The fourth-order valence-electron chi connectivity index (χ4n) is 2.19. The quantitative estimate of drug-likeness (QED) is 0.792. The highest BCUT2D eigenvalue weighted by Gasteiger charge is 2.62. The van der Waals surface area contributed by atoms with Gasteiger partial charge in [0.25, 0.3) is 0 Å². The van der Waals surface area contributed by atoms with Crippen molar-refractivity contribution in [2.24, 2.45) is 0 Å². The summed E-state index contributed by atoms with van der Waals surface area (Å²) < 4.78 is 47.9. The smallest absolute Gasteiger partial charge is 0.395 e. The van der Waals surface area contributed by atoms with Crippen LogP contribution in [0.3, 0.4) is 0 Å². The molecule has 0 saturated carbocycles. The first-order valence-corrected chi connectivity index (χ1v) is 10.2. The van der Waals surface area contributed by atoms with Crippen LogP contribution < -0.4 is 0 Å². The fraction of sp³-hybridized carbons (Fsp3) is 0.333. The molecule has 2 heterocycles. The van der Waals surface area contributed by atoms with Crippen molar-refractivity contribution in [3.05, 3.63) is 60.2 Å². The van der Waals surface area contributed by atoms with Crippen molar-refractivity contribution in [3.63, 3.8) is 0 Å². The van der Waals surface area contributed by atoms with Gasteiger partial charge in [0.2, 0.25) is 5.60 Å². The molecule has 0 fully saturated rings. The molecule has 2 rings (SSSR count). The Morgan fingerprint density at radius 1 is 0.864 bits per heavy atom. The van der Waals surface area contributed by atoms with Crippen molar-refractivity contribution >= 4 is 8.32 Å². The number of rotatable bonds is 4. The van der Waals surface area contributed by atoms with Gasteiger partial charge in [-0.3, -0.25) is 9.97 Å². The number of alkyl halides is 3. The fourth-order valence-corrected chi connectivity index (χ4v) is 3.43. The van der Waals surface area contributed by atoms with E-state index in [1.165, 1.54) is 36.7 Å². The van der Waals surface area contributed by atoms with Crippen molar-refractivity contribution in [1.82, 2.24) is 9.97 Å². The number of hydrogen-bond acceptors (Lipinski definition) is 3. The van der Waals surface area contributed by atoms with Gasteiger partial charge < -0.3 is 4.43 Å². The Balaban J connectivity index is 2.76. The molecule has 0 aromatic carbocycles. The molecule has 118 valence electrons. The molecule has 0 aliphatic rings. The van der Waals surface area contributed by atoms with Crippen LogP contribution in [0, 0.1) is 0 Å². The first-order chi connectivity index (χ1) is 10.2. The highest BCUT2D eigenvalue weighted by atomic mass is 28.4. The molecule has 0 amide bonds. The van der Waals surface area contributed by atoms with Crippen LogP contribution in [-0.2, 0) is 10.0 Å². The summed E-state index contributed by atoms with van der Waals surface area (Å²) in [7, 11) is -2.57. The summed E-state index contributed by atoms with van der Waals surface area (Å²) in [6, 6.07) is 8.80. The Hall–Kier alpha value is -1.73. The number of nitrogens with zero attached hydrogens (tertiary/aromatic N) is 2. The van der Waals surface area contributed by atoms with Crippen molar-refractivity contribution in [2.75, 3.05) is 0 Å². The lowest BCUT2D eigenvalue weighted by molar-refractivity contribution is -0.243. The molecule has 0 bridgehead atoms. The van der Waals surface area contributed by atoms with Gasteiger partial charge in [-0.25, -0.2) is 0 Å². The maximum absolute atomic E-state index is 14.1. The summed E-state index contributed by atoms with van der Waals surface area (Å²) in [5.41, 5.74) is -3.06. The Bertz CT molecular complexity index is 573. The molecule has 2 aromatic rings. The molecule has 0 atom stereocenters. The summed E-state index contributed by atoms with van der Waals surface area (Å²) in [6.07, 6.45) is -2.03. The van der Waals surface area contributed by atoms with Gasteiger partial charge in [-0.15, -0.1) is 0 Å². The van der Waals surface area contributed by atoms with E-state index in [0.29, 0.717) is 0 Å². The van der Waals surface area contributed by atoms with E-state index in [0.717, 1.165) is 0 Å². The summed E-state index contributed by atoms with van der Waals surface area (Å²) in [6.45, 7) is 5.12. The van der Waals surface area contributed by atoms with Crippen LogP contribution in [0.5, 0.6) is 0 Å². The van der Waals surface area contributed by atoms with Crippen LogP contribution in [0.1, 0.15) is 11.4 Å². The number of halogens is 3. The predicted molar refractivity (Wildman–Crippen MR) is 79.7 cm³/mol. The first-order valence-electron chi connectivity index (χ1n) is 6.77. The van der Waals surface area contributed by atoms with E-state index in [-0.39, 0.29) is 11.4 Å². The van der Waals surface area contributed by atoms with Gasteiger partial charge in [0.15, 0.2) is 8.32 Å². The zero-order chi connectivity index (χ0) is 16.4. The number of hydrogen-bond donors (Lipinski definition) is 0. The summed E-state index contributed by atoms with van der Waals surface area (Å²) in [5, 5.41) is 0. The van der Waals surface area contributed by atoms with Gasteiger partial charge in [-0.2, -0.15) is 13.2 Å². The number of aromatic nitrogens is 2. The maximum atomic E-state index is 14.1. The summed E-state index contributed by atoms with van der Waals surface area (Å²) in [4.78, 5) is 7.83. The molecular weight excluding hydrogens is 309 g/mol. The Labute approximate surface area is 128 Å². The minimum absolute atomic E-state index is 0.205. The maximum Gasteiger partial charge on any atom is 0.428 e. The molecule has 3 nitrogen and oxygen atoms in total. The van der Waals surface area contributed by atoms with Crippen LogP contribution in [0.4, 0.5) is 13.2 Å². The van der Waals surface area contributed by atoms with Gasteiger partial charge in [-0.05, 0) is 43.9 Å². The molecule has 0 saturated heterocycles. The molecule has 0 aliphatic carbocycles. The second-order valence-electron chi connectivity index (χ2n) is 5.82. The predicted octanol–water partition coefficient (Wildman–Crippen LogP) is 4.13. The van der Waals surface area contributed by atoms with E-state index in [1.807, 2.05) is 0 Å². The Kier molecular flexibility index (Phi) is 4.39.